The van der Waals surface area contributed by atoms with Crippen molar-refractivity contribution in [3.05, 3.63) is 59.3 Å². The van der Waals surface area contributed by atoms with Gasteiger partial charge in [0.25, 0.3) is 5.91 Å². The van der Waals surface area contributed by atoms with Crippen molar-refractivity contribution in [3.8, 4) is 22.8 Å². The maximum atomic E-state index is 11.5. The molecule has 1 aromatic heterocycles. The number of benzene rings is 2. The van der Waals surface area contributed by atoms with Crippen molar-refractivity contribution in [3.63, 3.8) is 0 Å². The molecule has 2 aromatic carbocycles. The van der Waals surface area contributed by atoms with E-state index < -0.39 is 5.91 Å². The van der Waals surface area contributed by atoms with Gasteiger partial charge >= 0.3 is 0 Å². The summed E-state index contributed by atoms with van der Waals surface area (Å²) in [7, 11) is 0. The fraction of sp³-hybridized carbons (Fsp3) is 0.211. The van der Waals surface area contributed by atoms with Gasteiger partial charge in [0.05, 0.1) is 6.61 Å². The number of aromatic nitrogens is 3. The van der Waals surface area contributed by atoms with Crippen LogP contribution in [0.4, 0.5) is 0 Å². The largest absolute Gasteiger partial charge is 0.490 e. The van der Waals surface area contributed by atoms with Crippen LogP contribution in [0.25, 0.3) is 11.3 Å². The molecule has 0 aliphatic rings. The Morgan fingerprint density at radius 1 is 1.12 bits per heavy atom. The van der Waals surface area contributed by atoms with Gasteiger partial charge in [-0.3, -0.25) is 4.79 Å². The number of nitrogens with two attached hydrogens (primary N) is 1. The van der Waals surface area contributed by atoms with Crippen molar-refractivity contribution >= 4 is 5.91 Å². The van der Waals surface area contributed by atoms with Crippen molar-refractivity contribution in [1.29, 1.82) is 0 Å². The fourth-order valence-electron chi connectivity index (χ4n) is 2.57. The Balaban J connectivity index is 1.88. The molecule has 0 radical (unpaired) electrons. The molecule has 0 atom stereocenters. The summed E-state index contributed by atoms with van der Waals surface area (Å²) in [6, 6.07) is 13.4. The normalized spacial score (nSPS) is 10.5. The molecular weight excluding hydrogens is 332 g/mol. The number of aryl methyl sites for hydroxylation is 1. The molecule has 7 nitrogen and oxygen atoms in total. The number of rotatable bonds is 7. The van der Waals surface area contributed by atoms with Crippen molar-refractivity contribution in [2.45, 2.75) is 20.5 Å². The third-order valence-corrected chi connectivity index (χ3v) is 3.94. The fourth-order valence-corrected chi connectivity index (χ4v) is 2.57. The quantitative estimate of drug-likeness (QED) is 0.680. The molecule has 134 valence electrons. The van der Waals surface area contributed by atoms with Crippen molar-refractivity contribution < 1.29 is 14.3 Å². The molecule has 3 aromatic rings. The van der Waals surface area contributed by atoms with E-state index in [2.05, 4.69) is 15.4 Å². The van der Waals surface area contributed by atoms with E-state index in [0.29, 0.717) is 36.0 Å². The zero-order valence-electron chi connectivity index (χ0n) is 14.7. The molecular formula is C19H20N4O3. The number of hydrogen-bond donors (Lipinski definition) is 2. The maximum absolute atomic E-state index is 11.5. The third-order valence-electron chi connectivity index (χ3n) is 3.94. The van der Waals surface area contributed by atoms with Crippen LogP contribution in [0.5, 0.6) is 11.5 Å². The van der Waals surface area contributed by atoms with Crippen LogP contribution in [0, 0.1) is 6.92 Å². The summed E-state index contributed by atoms with van der Waals surface area (Å²) in [4.78, 5) is 11.5. The smallest absolute Gasteiger partial charge is 0.271 e. The molecule has 7 heteroatoms. The zero-order valence-corrected chi connectivity index (χ0v) is 14.7. The third kappa shape index (κ3) is 3.66. The van der Waals surface area contributed by atoms with E-state index >= 15 is 0 Å². The number of aromatic amines is 1. The second-order valence-corrected chi connectivity index (χ2v) is 5.69. The van der Waals surface area contributed by atoms with Crippen LogP contribution in [0.3, 0.4) is 0 Å². The lowest BCUT2D eigenvalue weighted by Gasteiger charge is -2.14. The molecule has 0 saturated carbocycles. The van der Waals surface area contributed by atoms with Crippen LogP contribution in [0.2, 0.25) is 0 Å². The monoisotopic (exact) mass is 352 g/mol. The first-order valence-electron chi connectivity index (χ1n) is 8.25. The van der Waals surface area contributed by atoms with Crippen LogP contribution < -0.4 is 15.2 Å². The van der Waals surface area contributed by atoms with Gasteiger partial charge < -0.3 is 15.2 Å². The lowest BCUT2D eigenvalue weighted by Crippen LogP contribution is -2.12. The number of hydrogen-bond acceptors (Lipinski definition) is 5. The van der Waals surface area contributed by atoms with E-state index in [0.717, 1.165) is 11.1 Å². The average Bonchev–Trinajstić information content (AvgIpc) is 3.12. The summed E-state index contributed by atoms with van der Waals surface area (Å²) in [5.41, 5.74) is 8.73. The molecule has 1 heterocycles. The second-order valence-electron chi connectivity index (χ2n) is 5.69. The van der Waals surface area contributed by atoms with E-state index in [1.165, 1.54) is 0 Å². The molecule has 3 rings (SSSR count). The molecule has 1 amide bonds. The number of amides is 1. The van der Waals surface area contributed by atoms with Gasteiger partial charge in [0.1, 0.15) is 12.3 Å². The molecule has 0 aliphatic carbocycles. The lowest BCUT2D eigenvalue weighted by atomic mass is 10.1. The number of nitrogens with zero attached hydrogens (tertiary/aromatic N) is 2. The van der Waals surface area contributed by atoms with Gasteiger partial charge in [-0.1, -0.05) is 24.3 Å². The highest BCUT2D eigenvalue weighted by Gasteiger charge is 2.17. The Bertz CT molecular complexity index is 921. The SMILES string of the molecule is CCOc1cc(-c2n[nH]nc2C(N)=O)ccc1OCc1ccccc1C. The molecule has 0 unspecified atom stereocenters. The van der Waals surface area contributed by atoms with Crippen molar-refractivity contribution in [2.24, 2.45) is 5.73 Å². The summed E-state index contributed by atoms with van der Waals surface area (Å²) in [5, 5.41) is 10.2. The van der Waals surface area contributed by atoms with Crippen LogP contribution in [0.1, 0.15) is 28.5 Å². The van der Waals surface area contributed by atoms with Gasteiger partial charge in [0.2, 0.25) is 0 Å². The number of H-pyrrole nitrogens is 1. The molecule has 0 saturated heterocycles. The summed E-state index contributed by atoms with van der Waals surface area (Å²) in [6.45, 7) is 4.85. The van der Waals surface area contributed by atoms with Crippen LogP contribution >= 0.6 is 0 Å². The van der Waals surface area contributed by atoms with Gasteiger partial charge in [0, 0.05) is 5.56 Å². The van der Waals surface area contributed by atoms with Crippen LogP contribution in [-0.4, -0.2) is 27.9 Å². The number of ether oxygens (including phenoxy) is 2. The first-order chi connectivity index (χ1) is 12.6. The number of carbonyl (C=O) groups excluding carboxylic acids is 1. The van der Waals surface area contributed by atoms with Gasteiger partial charge in [-0.05, 0) is 43.2 Å². The molecule has 0 fully saturated rings. The van der Waals surface area contributed by atoms with Gasteiger partial charge in [-0.15, -0.1) is 0 Å². The molecule has 3 N–H and O–H groups in total. The Labute approximate surface area is 151 Å². The van der Waals surface area contributed by atoms with Crippen LogP contribution in [0.15, 0.2) is 42.5 Å². The minimum Gasteiger partial charge on any atom is -0.490 e. The summed E-state index contributed by atoms with van der Waals surface area (Å²) < 4.78 is 11.6. The topological polar surface area (TPSA) is 103 Å². The summed E-state index contributed by atoms with van der Waals surface area (Å²) >= 11 is 0. The number of nitrogens with one attached hydrogen (secondary N) is 1. The lowest BCUT2D eigenvalue weighted by molar-refractivity contribution is 0.0996. The highest BCUT2D eigenvalue weighted by atomic mass is 16.5. The average molecular weight is 352 g/mol. The number of carbonyl (C=O) groups is 1. The first kappa shape index (κ1) is 17.5. The van der Waals surface area contributed by atoms with Crippen molar-refractivity contribution in [1.82, 2.24) is 15.4 Å². The molecule has 0 spiro atoms. The predicted octanol–water partition coefficient (Wildman–Crippen LogP) is 2.86. The van der Waals surface area contributed by atoms with Crippen LogP contribution in [-0.2, 0) is 6.61 Å². The second kappa shape index (κ2) is 7.69. The number of primary amides is 1. The molecule has 0 bridgehead atoms. The van der Waals surface area contributed by atoms with E-state index in [1.54, 1.807) is 18.2 Å². The maximum Gasteiger partial charge on any atom is 0.271 e. The predicted molar refractivity (Wildman–Crippen MR) is 97.0 cm³/mol. The Morgan fingerprint density at radius 2 is 1.92 bits per heavy atom. The summed E-state index contributed by atoms with van der Waals surface area (Å²) in [6.07, 6.45) is 0. The van der Waals surface area contributed by atoms with Gasteiger partial charge in [-0.25, -0.2) is 0 Å². The first-order valence-corrected chi connectivity index (χ1v) is 8.25. The Hall–Kier alpha value is -3.35. The Morgan fingerprint density at radius 3 is 2.65 bits per heavy atom. The highest BCUT2D eigenvalue weighted by Crippen LogP contribution is 2.33. The molecule has 0 aliphatic heterocycles. The van der Waals surface area contributed by atoms with E-state index in [-0.39, 0.29) is 5.69 Å². The van der Waals surface area contributed by atoms with E-state index in [9.17, 15) is 4.79 Å². The highest BCUT2D eigenvalue weighted by molar-refractivity contribution is 5.96. The van der Waals surface area contributed by atoms with Gasteiger partial charge in [-0.2, -0.15) is 15.4 Å². The van der Waals surface area contributed by atoms with E-state index in [1.807, 2.05) is 38.1 Å². The minimum atomic E-state index is -0.647. The van der Waals surface area contributed by atoms with Gasteiger partial charge in [0.15, 0.2) is 17.2 Å². The molecule has 26 heavy (non-hydrogen) atoms. The summed E-state index contributed by atoms with van der Waals surface area (Å²) in [5.74, 6) is 0.534. The van der Waals surface area contributed by atoms with Crippen molar-refractivity contribution in [2.75, 3.05) is 6.61 Å². The Kier molecular flexibility index (Phi) is 5.17. The van der Waals surface area contributed by atoms with E-state index in [4.69, 9.17) is 15.2 Å². The zero-order chi connectivity index (χ0) is 18.5. The standard InChI is InChI=1S/C19H20N4O3/c1-3-25-16-10-13(17-18(19(20)24)22-23-21-17)8-9-15(16)26-11-14-7-5-4-6-12(14)2/h4-10H,3,11H2,1-2H3,(H2,20,24)(H,21,22,23). The minimum absolute atomic E-state index is 0.0843.